The Kier molecular flexibility index (Phi) is 2.18. The molecule has 0 amide bonds. The van der Waals surface area contributed by atoms with Gasteiger partial charge in [0.05, 0.1) is 0 Å². The van der Waals surface area contributed by atoms with Crippen molar-refractivity contribution < 1.29 is 9.47 Å². The third kappa shape index (κ3) is 1.59. The molecule has 0 saturated heterocycles. The van der Waals surface area contributed by atoms with Crippen LogP contribution in [0.5, 0.6) is 11.5 Å². The molecule has 0 unspecified atom stereocenters. The van der Waals surface area contributed by atoms with Crippen LogP contribution in [0.25, 0.3) is 11.1 Å². The second kappa shape index (κ2) is 3.68. The molecule has 0 spiro atoms. The number of ether oxygens (including phenoxy) is 2. The van der Waals surface area contributed by atoms with E-state index in [1.54, 1.807) is 12.3 Å². The maximum absolute atomic E-state index is 5.74. The standard InChI is InChI=1S/C12H8ClNO2/c13-12-4-2-9(6-14-12)8-1-3-10-11(5-8)16-7-15-10/h1-6H,7H2. The third-order valence-electron chi connectivity index (χ3n) is 2.43. The molecule has 1 aromatic heterocycles. The molecule has 3 nitrogen and oxygen atoms in total. The molecular weight excluding hydrogens is 226 g/mol. The van der Waals surface area contributed by atoms with Gasteiger partial charge in [0.1, 0.15) is 5.15 Å². The van der Waals surface area contributed by atoms with Gasteiger partial charge in [-0.05, 0) is 29.8 Å². The number of hydrogen-bond donors (Lipinski definition) is 0. The molecule has 3 rings (SSSR count). The quantitative estimate of drug-likeness (QED) is 0.709. The van der Waals surface area contributed by atoms with Crippen molar-refractivity contribution in [1.29, 1.82) is 0 Å². The van der Waals surface area contributed by atoms with E-state index in [2.05, 4.69) is 4.98 Å². The summed E-state index contributed by atoms with van der Waals surface area (Å²) in [6, 6.07) is 9.49. The van der Waals surface area contributed by atoms with E-state index in [9.17, 15) is 0 Å². The number of hydrogen-bond acceptors (Lipinski definition) is 3. The van der Waals surface area contributed by atoms with Crippen LogP contribution in [0.2, 0.25) is 5.15 Å². The summed E-state index contributed by atoms with van der Waals surface area (Å²) in [6.07, 6.45) is 1.74. The van der Waals surface area contributed by atoms with Crippen LogP contribution in [0, 0.1) is 0 Å². The SMILES string of the molecule is Clc1ccc(-c2ccc3c(c2)OCO3)cn1. The molecule has 2 aromatic rings. The van der Waals surface area contributed by atoms with Gasteiger partial charge in [-0.3, -0.25) is 0 Å². The van der Waals surface area contributed by atoms with Crippen LogP contribution in [0.3, 0.4) is 0 Å². The lowest BCUT2D eigenvalue weighted by molar-refractivity contribution is 0.174. The number of rotatable bonds is 1. The summed E-state index contributed by atoms with van der Waals surface area (Å²) in [4.78, 5) is 4.04. The molecular formula is C12H8ClNO2. The Balaban J connectivity index is 2.03. The number of halogens is 1. The highest BCUT2D eigenvalue weighted by molar-refractivity contribution is 6.29. The smallest absolute Gasteiger partial charge is 0.231 e. The van der Waals surface area contributed by atoms with E-state index in [0.717, 1.165) is 22.6 Å². The first-order valence-corrected chi connectivity index (χ1v) is 5.22. The van der Waals surface area contributed by atoms with Crippen molar-refractivity contribution in [3.8, 4) is 22.6 Å². The zero-order valence-electron chi connectivity index (χ0n) is 8.31. The van der Waals surface area contributed by atoms with Crippen LogP contribution < -0.4 is 9.47 Å². The molecule has 1 aliphatic heterocycles. The largest absolute Gasteiger partial charge is 0.454 e. The van der Waals surface area contributed by atoms with Crippen LogP contribution in [0.4, 0.5) is 0 Å². The summed E-state index contributed by atoms with van der Waals surface area (Å²) in [6.45, 7) is 0.289. The third-order valence-corrected chi connectivity index (χ3v) is 2.66. The normalized spacial score (nSPS) is 12.8. The molecule has 0 aliphatic carbocycles. The number of pyridine rings is 1. The van der Waals surface area contributed by atoms with Crippen molar-refractivity contribution in [3.63, 3.8) is 0 Å². The lowest BCUT2D eigenvalue weighted by Crippen LogP contribution is -1.92. The van der Waals surface area contributed by atoms with Gasteiger partial charge < -0.3 is 9.47 Å². The minimum absolute atomic E-state index is 0.289. The summed E-state index contributed by atoms with van der Waals surface area (Å²) >= 11 is 5.74. The van der Waals surface area contributed by atoms with Crippen molar-refractivity contribution in [2.75, 3.05) is 6.79 Å². The van der Waals surface area contributed by atoms with Gasteiger partial charge >= 0.3 is 0 Å². The molecule has 0 radical (unpaired) electrons. The number of aromatic nitrogens is 1. The first-order valence-electron chi connectivity index (χ1n) is 4.84. The monoisotopic (exact) mass is 233 g/mol. The lowest BCUT2D eigenvalue weighted by atomic mass is 10.1. The van der Waals surface area contributed by atoms with Gasteiger partial charge in [0, 0.05) is 11.8 Å². The fourth-order valence-corrected chi connectivity index (χ4v) is 1.73. The predicted molar refractivity (Wildman–Crippen MR) is 60.8 cm³/mol. The molecule has 2 heterocycles. The van der Waals surface area contributed by atoms with Crippen molar-refractivity contribution in [1.82, 2.24) is 4.98 Å². The lowest BCUT2D eigenvalue weighted by Gasteiger charge is -2.02. The summed E-state index contributed by atoms with van der Waals surface area (Å²) in [7, 11) is 0. The number of benzene rings is 1. The first kappa shape index (κ1) is 9.48. The van der Waals surface area contributed by atoms with Crippen LogP contribution >= 0.6 is 11.6 Å². The minimum atomic E-state index is 0.289. The Bertz CT molecular complexity index is 525. The zero-order chi connectivity index (χ0) is 11.0. The molecule has 0 atom stereocenters. The molecule has 4 heteroatoms. The fourth-order valence-electron chi connectivity index (χ4n) is 1.62. The van der Waals surface area contributed by atoms with Gasteiger partial charge in [-0.2, -0.15) is 0 Å². The predicted octanol–water partition coefficient (Wildman–Crippen LogP) is 3.13. The number of nitrogens with zero attached hydrogens (tertiary/aromatic N) is 1. The molecule has 0 saturated carbocycles. The van der Waals surface area contributed by atoms with Gasteiger partial charge in [0.2, 0.25) is 6.79 Å². The van der Waals surface area contributed by atoms with Crippen molar-refractivity contribution in [2.24, 2.45) is 0 Å². The highest BCUT2D eigenvalue weighted by Gasteiger charge is 2.13. The Hall–Kier alpha value is -1.74. The molecule has 1 aromatic carbocycles. The van der Waals surface area contributed by atoms with Crippen molar-refractivity contribution in [2.45, 2.75) is 0 Å². The van der Waals surface area contributed by atoms with E-state index in [0.29, 0.717) is 5.15 Å². The Morgan fingerprint density at radius 3 is 2.62 bits per heavy atom. The van der Waals surface area contributed by atoms with E-state index in [4.69, 9.17) is 21.1 Å². The van der Waals surface area contributed by atoms with Crippen molar-refractivity contribution >= 4 is 11.6 Å². The molecule has 0 fully saturated rings. The van der Waals surface area contributed by atoms with E-state index in [1.165, 1.54) is 0 Å². The summed E-state index contributed by atoms with van der Waals surface area (Å²) < 4.78 is 10.6. The van der Waals surface area contributed by atoms with Crippen LogP contribution in [-0.2, 0) is 0 Å². The second-order valence-corrected chi connectivity index (χ2v) is 3.82. The Morgan fingerprint density at radius 2 is 1.81 bits per heavy atom. The summed E-state index contributed by atoms with van der Waals surface area (Å²) in [5, 5.41) is 0.490. The van der Waals surface area contributed by atoms with E-state index < -0.39 is 0 Å². The maximum atomic E-state index is 5.74. The fraction of sp³-hybridized carbons (Fsp3) is 0.0833. The van der Waals surface area contributed by atoms with Crippen LogP contribution in [0.1, 0.15) is 0 Å². The van der Waals surface area contributed by atoms with Crippen LogP contribution in [-0.4, -0.2) is 11.8 Å². The van der Waals surface area contributed by atoms with E-state index in [1.807, 2.05) is 24.3 Å². The average molecular weight is 234 g/mol. The summed E-state index contributed by atoms with van der Waals surface area (Å²) in [5.41, 5.74) is 2.04. The number of fused-ring (bicyclic) bond motifs is 1. The van der Waals surface area contributed by atoms with Crippen LogP contribution in [0.15, 0.2) is 36.5 Å². The highest BCUT2D eigenvalue weighted by Crippen LogP contribution is 2.35. The van der Waals surface area contributed by atoms with Gasteiger partial charge in [-0.15, -0.1) is 0 Å². The molecule has 0 bridgehead atoms. The van der Waals surface area contributed by atoms with Gasteiger partial charge in [-0.25, -0.2) is 4.98 Å². The molecule has 80 valence electrons. The van der Waals surface area contributed by atoms with Crippen molar-refractivity contribution in [3.05, 3.63) is 41.7 Å². The van der Waals surface area contributed by atoms with Gasteiger partial charge in [-0.1, -0.05) is 17.7 Å². The molecule has 0 N–H and O–H groups in total. The van der Waals surface area contributed by atoms with E-state index in [-0.39, 0.29) is 6.79 Å². The Morgan fingerprint density at radius 1 is 1.00 bits per heavy atom. The zero-order valence-corrected chi connectivity index (χ0v) is 9.07. The van der Waals surface area contributed by atoms with E-state index >= 15 is 0 Å². The molecule has 16 heavy (non-hydrogen) atoms. The average Bonchev–Trinajstić information content (AvgIpc) is 2.77. The maximum Gasteiger partial charge on any atom is 0.231 e. The topological polar surface area (TPSA) is 31.4 Å². The van der Waals surface area contributed by atoms with Gasteiger partial charge in [0.15, 0.2) is 11.5 Å². The molecule has 1 aliphatic rings. The first-order chi connectivity index (χ1) is 7.83. The minimum Gasteiger partial charge on any atom is -0.454 e. The van der Waals surface area contributed by atoms with Gasteiger partial charge in [0.25, 0.3) is 0 Å². The second-order valence-electron chi connectivity index (χ2n) is 3.44. The Labute approximate surface area is 97.6 Å². The highest BCUT2D eigenvalue weighted by atomic mass is 35.5. The summed E-state index contributed by atoms with van der Waals surface area (Å²) in [5.74, 6) is 1.55.